The lowest BCUT2D eigenvalue weighted by atomic mass is 9.89. The van der Waals surface area contributed by atoms with Gasteiger partial charge in [0.05, 0.1) is 18.5 Å². The van der Waals surface area contributed by atoms with Crippen LogP contribution in [0.15, 0.2) is 48.7 Å². The Balaban J connectivity index is 1.40. The van der Waals surface area contributed by atoms with Gasteiger partial charge in [0.1, 0.15) is 17.4 Å². The van der Waals surface area contributed by atoms with E-state index in [0.29, 0.717) is 0 Å². The molecule has 0 bridgehead atoms. The van der Waals surface area contributed by atoms with Crippen LogP contribution >= 0.6 is 0 Å². The van der Waals surface area contributed by atoms with Gasteiger partial charge in [0, 0.05) is 38.2 Å². The van der Waals surface area contributed by atoms with Crippen molar-refractivity contribution >= 4 is 0 Å². The summed E-state index contributed by atoms with van der Waals surface area (Å²) in [4.78, 5) is 7.45. The van der Waals surface area contributed by atoms with Crippen LogP contribution in [-0.4, -0.2) is 27.6 Å². The minimum atomic E-state index is -0.209. The summed E-state index contributed by atoms with van der Waals surface area (Å²) in [6.07, 6.45) is 12.1. The standard InChI is InChI=1S/C30H38FN3O/c1-2-3-16-34-28(19-32-30(34)25-10-12-27(31)13-11-25)22-33(20-23-7-5-4-6-8-23)21-24-9-14-29-26(18-24)15-17-35-29/h9-14,18-19,23H,2-8,15-17,20-22H2,1H3. The number of imidazole rings is 1. The molecule has 1 saturated carbocycles. The van der Waals surface area contributed by atoms with Crippen LogP contribution in [0.2, 0.25) is 0 Å². The number of aromatic nitrogens is 2. The summed E-state index contributed by atoms with van der Waals surface area (Å²) >= 11 is 0. The van der Waals surface area contributed by atoms with Crippen molar-refractivity contribution in [1.29, 1.82) is 0 Å². The lowest BCUT2D eigenvalue weighted by Gasteiger charge is -2.30. The predicted octanol–water partition coefficient (Wildman–Crippen LogP) is 7.01. The van der Waals surface area contributed by atoms with Crippen molar-refractivity contribution in [3.8, 4) is 17.1 Å². The molecule has 0 radical (unpaired) electrons. The number of halogens is 1. The van der Waals surface area contributed by atoms with Crippen LogP contribution in [0.4, 0.5) is 4.39 Å². The minimum absolute atomic E-state index is 0.209. The first-order valence-corrected chi connectivity index (χ1v) is 13.5. The van der Waals surface area contributed by atoms with Crippen molar-refractivity contribution < 1.29 is 9.13 Å². The second-order valence-corrected chi connectivity index (χ2v) is 10.3. The van der Waals surface area contributed by atoms with Crippen LogP contribution in [0, 0.1) is 11.7 Å². The Bertz CT molecular complexity index is 1100. The van der Waals surface area contributed by atoms with E-state index in [-0.39, 0.29) is 5.82 Å². The molecular formula is C30H38FN3O. The predicted molar refractivity (Wildman–Crippen MR) is 139 cm³/mol. The van der Waals surface area contributed by atoms with Gasteiger partial charge in [-0.1, -0.05) is 44.7 Å². The average molecular weight is 476 g/mol. The Morgan fingerprint density at radius 2 is 1.89 bits per heavy atom. The quantitative estimate of drug-likeness (QED) is 0.316. The second kappa shape index (κ2) is 11.4. The van der Waals surface area contributed by atoms with Gasteiger partial charge in [0.2, 0.25) is 0 Å². The Morgan fingerprint density at radius 1 is 1.06 bits per heavy atom. The van der Waals surface area contributed by atoms with Gasteiger partial charge in [-0.2, -0.15) is 0 Å². The Hall–Kier alpha value is -2.66. The molecule has 1 aliphatic carbocycles. The van der Waals surface area contributed by atoms with Crippen molar-refractivity contribution in [2.75, 3.05) is 13.2 Å². The topological polar surface area (TPSA) is 30.3 Å². The molecule has 0 atom stereocenters. The van der Waals surface area contributed by atoms with Gasteiger partial charge in [0.15, 0.2) is 0 Å². The van der Waals surface area contributed by atoms with Crippen LogP contribution in [0.3, 0.4) is 0 Å². The normalized spacial score (nSPS) is 16.0. The molecule has 0 N–H and O–H groups in total. The first-order chi connectivity index (χ1) is 17.2. The van der Waals surface area contributed by atoms with Crippen molar-refractivity contribution in [3.05, 3.63) is 71.3 Å². The van der Waals surface area contributed by atoms with Crippen LogP contribution in [0.25, 0.3) is 11.4 Å². The van der Waals surface area contributed by atoms with E-state index in [1.165, 1.54) is 61.1 Å². The van der Waals surface area contributed by atoms with Gasteiger partial charge < -0.3 is 9.30 Å². The lowest BCUT2D eigenvalue weighted by molar-refractivity contribution is 0.183. The lowest BCUT2D eigenvalue weighted by Crippen LogP contribution is -2.31. The molecule has 1 aliphatic heterocycles. The molecule has 0 spiro atoms. The molecule has 1 fully saturated rings. The molecule has 35 heavy (non-hydrogen) atoms. The van der Waals surface area contributed by atoms with Crippen molar-refractivity contribution in [1.82, 2.24) is 14.5 Å². The third-order valence-corrected chi connectivity index (χ3v) is 7.56. The van der Waals surface area contributed by atoms with Gasteiger partial charge in [-0.25, -0.2) is 9.37 Å². The summed E-state index contributed by atoms with van der Waals surface area (Å²) < 4.78 is 21.6. The molecule has 0 saturated heterocycles. The highest BCUT2D eigenvalue weighted by Gasteiger charge is 2.21. The van der Waals surface area contributed by atoms with Gasteiger partial charge in [0.25, 0.3) is 0 Å². The third-order valence-electron chi connectivity index (χ3n) is 7.56. The van der Waals surface area contributed by atoms with Gasteiger partial charge >= 0.3 is 0 Å². The summed E-state index contributed by atoms with van der Waals surface area (Å²) in [7, 11) is 0. The summed E-state index contributed by atoms with van der Waals surface area (Å²) in [6.45, 7) is 6.90. The fraction of sp³-hybridized carbons (Fsp3) is 0.500. The molecule has 2 aromatic carbocycles. The Kier molecular flexibility index (Phi) is 7.82. The molecule has 5 rings (SSSR count). The van der Waals surface area contributed by atoms with E-state index in [9.17, 15) is 4.39 Å². The molecule has 0 amide bonds. The molecule has 1 aromatic heterocycles. The van der Waals surface area contributed by atoms with Gasteiger partial charge in [-0.3, -0.25) is 4.90 Å². The highest BCUT2D eigenvalue weighted by Crippen LogP contribution is 2.29. The SMILES string of the molecule is CCCCn1c(CN(Cc2ccc3c(c2)CCO3)CC2CCCCC2)cnc1-c1ccc(F)cc1. The first kappa shape index (κ1) is 24.1. The maximum absolute atomic E-state index is 13.6. The smallest absolute Gasteiger partial charge is 0.140 e. The zero-order valence-corrected chi connectivity index (χ0v) is 21.0. The molecule has 2 heterocycles. The summed E-state index contributed by atoms with van der Waals surface area (Å²) in [5.74, 6) is 2.55. The Morgan fingerprint density at radius 3 is 2.69 bits per heavy atom. The molecule has 186 valence electrons. The molecule has 4 nitrogen and oxygen atoms in total. The molecular weight excluding hydrogens is 437 g/mol. The van der Waals surface area contributed by atoms with E-state index < -0.39 is 0 Å². The summed E-state index contributed by atoms with van der Waals surface area (Å²) in [5.41, 5.74) is 4.93. The van der Waals surface area contributed by atoms with E-state index in [4.69, 9.17) is 9.72 Å². The highest BCUT2D eigenvalue weighted by molar-refractivity contribution is 5.56. The van der Waals surface area contributed by atoms with Gasteiger partial charge in [-0.05, 0) is 66.6 Å². The summed E-state index contributed by atoms with van der Waals surface area (Å²) in [6, 6.07) is 13.5. The maximum Gasteiger partial charge on any atom is 0.140 e. The van der Waals surface area contributed by atoms with E-state index >= 15 is 0 Å². The third kappa shape index (κ3) is 5.95. The monoisotopic (exact) mass is 475 g/mol. The first-order valence-electron chi connectivity index (χ1n) is 13.5. The van der Waals surface area contributed by atoms with Crippen LogP contribution in [-0.2, 0) is 26.1 Å². The Labute approximate surface area is 209 Å². The number of benzene rings is 2. The average Bonchev–Trinajstić information content (AvgIpc) is 3.50. The fourth-order valence-electron chi connectivity index (χ4n) is 5.68. The van der Waals surface area contributed by atoms with Crippen molar-refractivity contribution in [3.63, 3.8) is 0 Å². The number of nitrogens with zero attached hydrogens (tertiary/aromatic N) is 3. The van der Waals surface area contributed by atoms with Crippen LogP contribution in [0.1, 0.15) is 68.7 Å². The molecule has 3 aromatic rings. The van der Waals surface area contributed by atoms with E-state index in [0.717, 1.165) is 75.1 Å². The number of unbranched alkanes of at least 4 members (excludes halogenated alkanes) is 1. The van der Waals surface area contributed by atoms with Crippen molar-refractivity contribution in [2.45, 2.75) is 77.9 Å². The summed E-state index contributed by atoms with van der Waals surface area (Å²) in [5, 5.41) is 0. The number of rotatable bonds is 10. The maximum atomic E-state index is 13.6. The minimum Gasteiger partial charge on any atom is -0.493 e. The number of hydrogen-bond acceptors (Lipinski definition) is 3. The second-order valence-electron chi connectivity index (χ2n) is 10.3. The fourth-order valence-corrected chi connectivity index (χ4v) is 5.68. The molecule has 5 heteroatoms. The number of fused-ring (bicyclic) bond motifs is 1. The highest BCUT2D eigenvalue weighted by atomic mass is 19.1. The van der Waals surface area contributed by atoms with Gasteiger partial charge in [-0.15, -0.1) is 0 Å². The molecule has 2 aliphatic rings. The zero-order chi connectivity index (χ0) is 24.0. The van der Waals surface area contributed by atoms with E-state index in [1.54, 1.807) is 0 Å². The van der Waals surface area contributed by atoms with E-state index in [1.807, 2.05) is 18.3 Å². The number of hydrogen-bond donors (Lipinski definition) is 0. The number of ether oxygens (including phenoxy) is 1. The largest absolute Gasteiger partial charge is 0.493 e. The van der Waals surface area contributed by atoms with Crippen molar-refractivity contribution in [2.24, 2.45) is 5.92 Å². The molecule has 0 unspecified atom stereocenters. The zero-order valence-electron chi connectivity index (χ0n) is 21.0. The van der Waals surface area contributed by atoms with E-state index in [2.05, 4.69) is 34.6 Å². The van der Waals surface area contributed by atoms with Crippen LogP contribution in [0.5, 0.6) is 5.75 Å². The van der Waals surface area contributed by atoms with Crippen LogP contribution < -0.4 is 4.74 Å².